The number of alkyl halides is 3. The number of hydrogen-bond donors (Lipinski definition) is 1. The lowest BCUT2D eigenvalue weighted by Gasteiger charge is -2.31. The summed E-state index contributed by atoms with van der Waals surface area (Å²) in [5.74, 6) is 0.531. The Bertz CT molecular complexity index is 489. The van der Waals surface area contributed by atoms with E-state index in [4.69, 9.17) is 0 Å². The van der Waals surface area contributed by atoms with Gasteiger partial charge in [0.2, 0.25) is 0 Å². The summed E-state index contributed by atoms with van der Waals surface area (Å²) >= 11 is 0. The molecular weight excluding hydrogens is 394 g/mol. The molecule has 21 heavy (non-hydrogen) atoms. The van der Waals surface area contributed by atoms with Crippen LogP contribution in [0.1, 0.15) is 17.5 Å². The molecule has 0 atom stereocenters. The summed E-state index contributed by atoms with van der Waals surface area (Å²) in [6.07, 6.45) is -4.10. The van der Waals surface area contributed by atoms with Crippen molar-refractivity contribution in [3.05, 3.63) is 35.4 Å². The molecular formula is C14H19F3IN3. The molecule has 1 aliphatic rings. The first-order valence-corrected chi connectivity index (χ1v) is 6.59. The zero-order valence-electron chi connectivity index (χ0n) is 11.8. The molecule has 1 heterocycles. The highest BCUT2D eigenvalue weighted by Gasteiger charge is 2.27. The Morgan fingerprint density at radius 3 is 2.57 bits per heavy atom. The van der Waals surface area contributed by atoms with Gasteiger partial charge in [0, 0.05) is 26.7 Å². The smallest absolute Gasteiger partial charge is 0.356 e. The monoisotopic (exact) mass is 413 g/mol. The van der Waals surface area contributed by atoms with Gasteiger partial charge in [0.25, 0.3) is 0 Å². The Morgan fingerprint density at radius 2 is 1.95 bits per heavy atom. The molecule has 0 bridgehead atoms. The van der Waals surface area contributed by atoms with Crippen molar-refractivity contribution in [1.82, 2.24) is 10.2 Å². The SMILES string of the molecule is CN=C(NCCC(F)(F)F)N1CCc2ccccc2C1.I. The van der Waals surface area contributed by atoms with Crippen LogP contribution in [-0.2, 0) is 13.0 Å². The Morgan fingerprint density at radius 1 is 1.29 bits per heavy atom. The van der Waals surface area contributed by atoms with Crippen molar-refractivity contribution in [1.29, 1.82) is 0 Å². The third kappa shape index (κ3) is 5.37. The predicted octanol–water partition coefficient (Wildman–Crippen LogP) is 3.19. The molecule has 1 aromatic rings. The fraction of sp³-hybridized carbons (Fsp3) is 0.500. The Hall–Kier alpha value is -0.990. The van der Waals surface area contributed by atoms with Crippen molar-refractivity contribution < 1.29 is 13.2 Å². The average molecular weight is 413 g/mol. The molecule has 1 aliphatic heterocycles. The van der Waals surface area contributed by atoms with Crippen LogP contribution in [0.5, 0.6) is 0 Å². The van der Waals surface area contributed by atoms with Crippen LogP contribution in [-0.4, -0.2) is 37.2 Å². The predicted molar refractivity (Wildman–Crippen MR) is 88.0 cm³/mol. The molecule has 1 N–H and O–H groups in total. The number of benzene rings is 1. The number of hydrogen-bond acceptors (Lipinski definition) is 1. The van der Waals surface area contributed by atoms with Crippen LogP contribution in [0.25, 0.3) is 0 Å². The van der Waals surface area contributed by atoms with E-state index in [9.17, 15) is 13.2 Å². The minimum absolute atomic E-state index is 0. The zero-order valence-corrected chi connectivity index (χ0v) is 14.1. The standard InChI is InChI=1S/C14H18F3N3.HI/c1-18-13(19-8-7-14(15,16)17)20-9-6-11-4-2-3-5-12(11)10-20;/h2-5H,6-10H2,1H3,(H,18,19);1H. The summed E-state index contributed by atoms with van der Waals surface area (Å²) in [5.41, 5.74) is 2.51. The van der Waals surface area contributed by atoms with Crippen molar-refractivity contribution in [3.8, 4) is 0 Å². The lowest BCUT2D eigenvalue weighted by Crippen LogP contribution is -2.44. The van der Waals surface area contributed by atoms with E-state index >= 15 is 0 Å². The topological polar surface area (TPSA) is 27.6 Å². The van der Waals surface area contributed by atoms with Gasteiger partial charge in [0.15, 0.2) is 5.96 Å². The summed E-state index contributed by atoms with van der Waals surface area (Å²) in [5, 5.41) is 2.78. The molecule has 0 fully saturated rings. The number of fused-ring (bicyclic) bond motifs is 1. The Balaban J connectivity index is 0.00000220. The third-order valence-electron chi connectivity index (χ3n) is 3.33. The van der Waals surface area contributed by atoms with E-state index in [0.717, 1.165) is 13.0 Å². The molecule has 3 nitrogen and oxygen atoms in total. The number of rotatable bonds is 2. The van der Waals surface area contributed by atoms with E-state index < -0.39 is 12.6 Å². The van der Waals surface area contributed by atoms with Crippen molar-refractivity contribution in [2.75, 3.05) is 20.1 Å². The van der Waals surface area contributed by atoms with Crippen molar-refractivity contribution >= 4 is 29.9 Å². The Kier molecular flexibility index (Phi) is 6.76. The van der Waals surface area contributed by atoms with Gasteiger partial charge in [-0.25, -0.2) is 0 Å². The fourth-order valence-corrected chi connectivity index (χ4v) is 2.32. The van der Waals surface area contributed by atoms with Gasteiger partial charge in [0.05, 0.1) is 6.42 Å². The maximum atomic E-state index is 12.2. The van der Waals surface area contributed by atoms with E-state index in [2.05, 4.69) is 16.4 Å². The first kappa shape index (κ1) is 18.1. The van der Waals surface area contributed by atoms with Gasteiger partial charge in [-0.1, -0.05) is 24.3 Å². The van der Waals surface area contributed by atoms with Crippen LogP contribution in [0.4, 0.5) is 13.2 Å². The maximum absolute atomic E-state index is 12.2. The minimum atomic E-state index is -4.14. The summed E-state index contributed by atoms with van der Waals surface area (Å²) in [4.78, 5) is 6.05. The maximum Gasteiger partial charge on any atom is 0.390 e. The molecule has 0 spiro atoms. The van der Waals surface area contributed by atoms with Gasteiger partial charge in [-0.15, -0.1) is 24.0 Å². The quantitative estimate of drug-likeness (QED) is 0.458. The molecule has 0 saturated heterocycles. The molecule has 0 aromatic heterocycles. The van der Waals surface area contributed by atoms with Crippen LogP contribution in [0.3, 0.4) is 0 Å². The van der Waals surface area contributed by atoms with Crippen LogP contribution in [0, 0.1) is 0 Å². The van der Waals surface area contributed by atoms with Crippen LogP contribution in [0.2, 0.25) is 0 Å². The summed E-state index contributed by atoms with van der Waals surface area (Å²) in [6, 6.07) is 8.12. The number of nitrogens with one attached hydrogen (secondary N) is 1. The van der Waals surface area contributed by atoms with E-state index in [1.807, 2.05) is 23.1 Å². The summed E-state index contributed by atoms with van der Waals surface area (Å²) in [6.45, 7) is 1.30. The zero-order chi connectivity index (χ0) is 14.6. The van der Waals surface area contributed by atoms with Crippen molar-refractivity contribution in [2.45, 2.75) is 25.6 Å². The van der Waals surface area contributed by atoms with Gasteiger partial charge in [-0.05, 0) is 17.5 Å². The molecule has 1 aromatic carbocycles. The van der Waals surface area contributed by atoms with E-state index in [1.165, 1.54) is 11.1 Å². The normalized spacial score (nSPS) is 15.2. The third-order valence-corrected chi connectivity index (χ3v) is 3.33. The van der Waals surface area contributed by atoms with E-state index in [0.29, 0.717) is 12.5 Å². The number of nitrogens with zero attached hydrogens (tertiary/aromatic N) is 2. The van der Waals surface area contributed by atoms with Gasteiger partial charge >= 0.3 is 6.18 Å². The highest BCUT2D eigenvalue weighted by atomic mass is 127. The van der Waals surface area contributed by atoms with Gasteiger partial charge in [0.1, 0.15) is 0 Å². The lowest BCUT2D eigenvalue weighted by molar-refractivity contribution is -0.132. The van der Waals surface area contributed by atoms with Crippen molar-refractivity contribution in [3.63, 3.8) is 0 Å². The largest absolute Gasteiger partial charge is 0.390 e. The molecule has 0 radical (unpaired) electrons. The summed E-state index contributed by atoms with van der Waals surface area (Å²) < 4.78 is 36.5. The molecule has 118 valence electrons. The Labute approximate surface area is 139 Å². The van der Waals surface area contributed by atoms with Gasteiger partial charge < -0.3 is 10.2 Å². The number of guanidine groups is 1. The number of halogens is 4. The van der Waals surface area contributed by atoms with Crippen LogP contribution < -0.4 is 5.32 Å². The van der Waals surface area contributed by atoms with Crippen LogP contribution in [0.15, 0.2) is 29.3 Å². The molecule has 0 amide bonds. The van der Waals surface area contributed by atoms with Gasteiger partial charge in [-0.2, -0.15) is 13.2 Å². The first-order valence-electron chi connectivity index (χ1n) is 6.59. The summed E-state index contributed by atoms with van der Waals surface area (Å²) in [7, 11) is 1.59. The number of aliphatic imine (C=N–C) groups is 1. The average Bonchev–Trinajstić information content (AvgIpc) is 2.42. The second-order valence-electron chi connectivity index (χ2n) is 4.78. The highest BCUT2D eigenvalue weighted by Crippen LogP contribution is 2.20. The fourth-order valence-electron chi connectivity index (χ4n) is 2.32. The van der Waals surface area contributed by atoms with Crippen molar-refractivity contribution in [2.24, 2.45) is 4.99 Å². The first-order chi connectivity index (χ1) is 9.49. The van der Waals surface area contributed by atoms with Crippen LogP contribution >= 0.6 is 24.0 Å². The van der Waals surface area contributed by atoms with E-state index in [1.54, 1.807) is 7.05 Å². The molecule has 0 aliphatic carbocycles. The van der Waals surface area contributed by atoms with E-state index in [-0.39, 0.29) is 30.5 Å². The second-order valence-corrected chi connectivity index (χ2v) is 4.78. The lowest BCUT2D eigenvalue weighted by atomic mass is 10.0. The van der Waals surface area contributed by atoms with Gasteiger partial charge in [-0.3, -0.25) is 4.99 Å². The second kappa shape index (κ2) is 7.86. The molecule has 7 heteroatoms. The highest BCUT2D eigenvalue weighted by molar-refractivity contribution is 14.0. The molecule has 0 saturated carbocycles. The molecule has 2 rings (SSSR count). The minimum Gasteiger partial charge on any atom is -0.356 e. The molecule has 0 unspecified atom stereocenters.